The lowest BCUT2D eigenvalue weighted by molar-refractivity contribution is 0.0951. The minimum atomic E-state index is -3.88. The molecule has 0 bridgehead atoms. The topological polar surface area (TPSA) is 74.6 Å². The highest BCUT2D eigenvalue weighted by Crippen LogP contribution is 2.32. The molecule has 0 radical (unpaired) electrons. The Morgan fingerprint density at radius 2 is 1.58 bits per heavy atom. The summed E-state index contributed by atoms with van der Waals surface area (Å²) < 4.78 is 41.6. The van der Waals surface area contributed by atoms with Crippen molar-refractivity contribution in [3.05, 3.63) is 95.9 Å². The molecule has 0 saturated carbocycles. The van der Waals surface area contributed by atoms with Crippen LogP contribution in [0.3, 0.4) is 0 Å². The summed E-state index contributed by atoms with van der Waals surface area (Å²) in [6, 6.07) is 19.3. The fourth-order valence-electron chi connectivity index (χ4n) is 4.41. The number of benzene rings is 3. The first-order valence-electron chi connectivity index (χ1n) is 11.7. The van der Waals surface area contributed by atoms with Gasteiger partial charge in [-0.15, -0.1) is 0 Å². The second-order valence-corrected chi connectivity index (χ2v) is 10.8. The van der Waals surface area contributed by atoms with E-state index < -0.39 is 10.0 Å². The normalized spacial score (nSPS) is 14.8. The Kier molecular flexibility index (Phi) is 6.51. The molecule has 0 atom stereocenters. The third-order valence-electron chi connectivity index (χ3n) is 6.54. The third-order valence-corrected chi connectivity index (χ3v) is 8.23. The van der Waals surface area contributed by atoms with Gasteiger partial charge in [-0.25, -0.2) is 16.8 Å². The Morgan fingerprint density at radius 3 is 2.28 bits per heavy atom. The number of anilines is 1. The zero-order chi connectivity index (χ0) is 25.3. The summed E-state index contributed by atoms with van der Waals surface area (Å²) in [5, 5.41) is 3.66. The lowest BCUT2D eigenvalue weighted by atomic mass is 10.2. The number of piperazine rings is 1. The molecule has 1 fully saturated rings. The van der Waals surface area contributed by atoms with Gasteiger partial charge in [-0.05, 0) is 55.1 Å². The number of likely N-dealkylation sites (N-methyl/N-ethyl adjacent to an activating group) is 1. The Bertz CT molecular complexity index is 1490. The average molecular weight is 507 g/mol. The molecule has 1 amide bonds. The minimum Gasteiger partial charge on any atom is -0.367 e. The van der Waals surface area contributed by atoms with Crippen molar-refractivity contribution in [3.63, 3.8) is 0 Å². The SMILES string of the molecule is CN1CCN(c2cn(S(=O)(=O)c3ccc(C(=O)NCc4ccc(F)cc4)cc3)c3ccccc23)CC1. The number of nitrogens with zero attached hydrogens (tertiary/aromatic N) is 3. The molecule has 1 aliphatic heterocycles. The van der Waals surface area contributed by atoms with Crippen molar-refractivity contribution >= 4 is 32.5 Å². The highest BCUT2D eigenvalue weighted by atomic mass is 32.2. The molecule has 0 unspecified atom stereocenters. The summed E-state index contributed by atoms with van der Waals surface area (Å²) in [5.41, 5.74) is 2.62. The Hall–Kier alpha value is -3.69. The number of para-hydroxylation sites is 1. The number of halogens is 1. The molecular formula is C27H27FN4O3S. The van der Waals surface area contributed by atoms with Crippen LogP contribution >= 0.6 is 0 Å². The van der Waals surface area contributed by atoms with Gasteiger partial charge >= 0.3 is 0 Å². The van der Waals surface area contributed by atoms with Crippen molar-refractivity contribution in [2.45, 2.75) is 11.4 Å². The van der Waals surface area contributed by atoms with E-state index in [1.54, 1.807) is 18.3 Å². The fraction of sp³-hybridized carbons (Fsp3) is 0.222. The molecule has 1 saturated heterocycles. The van der Waals surface area contributed by atoms with Crippen LogP contribution in [-0.2, 0) is 16.6 Å². The number of aromatic nitrogens is 1. The molecule has 9 heteroatoms. The van der Waals surface area contributed by atoms with Crippen molar-refractivity contribution < 1.29 is 17.6 Å². The Labute approximate surface area is 209 Å². The lowest BCUT2D eigenvalue weighted by Gasteiger charge is -2.33. The van der Waals surface area contributed by atoms with Crippen molar-refractivity contribution in [1.29, 1.82) is 0 Å². The summed E-state index contributed by atoms with van der Waals surface area (Å²) in [7, 11) is -1.80. The maximum atomic E-state index is 13.6. The van der Waals surface area contributed by atoms with Gasteiger partial charge in [-0.1, -0.05) is 30.3 Å². The van der Waals surface area contributed by atoms with E-state index in [9.17, 15) is 17.6 Å². The standard InChI is InChI=1S/C27H27FN4O3S/c1-30-14-16-31(17-15-30)26-19-32(25-5-3-2-4-24(25)26)36(34,35)23-12-8-21(9-13-23)27(33)29-18-20-6-10-22(28)11-7-20/h2-13,19H,14-18H2,1H3,(H,29,33). The van der Waals surface area contributed by atoms with Crippen LogP contribution in [0, 0.1) is 5.82 Å². The van der Waals surface area contributed by atoms with Gasteiger partial charge in [0.1, 0.15) is 5.82 Å². The summed E-state index contributed by atoms with van der Waals surface area (Å²) in [6.07, 6.45) is 1.70. The number of rotatable bonds is 6. The van der Waals surface area contributed by atoms with Gasteiger partial charge in [-0.2, -0.15) is 0 Å². The zero-order valence-electron chi connectivity index (χ0n) is 19.9. The zero-order valence-corrected chi connectivity index (χ0v) is 20.7. The number of amides is 1. The van der Waals surface area contributed by atoms with Crippen LogP contribution in [0.5, 0.6) is 0 Å². The van der Waals surface area contributed by atoms with E-state index in [1.165, 1.54) is 40.4 Å². The number of nitrogens with one attached hydrogen (secondary N) is 1. The van der Waals surface area contributed by atoms with Gasteiger partial charge in [0.2, 0.25) is 0 Å². The summed E-state index contributed by atoms with van der Waals surface area (Å²) in [6.45, 7) is 3.72. The number of hydrogen-bond acceptors (Lipinski definition) is 5. The van der Waals surface area contributed by atoms with E-state index in [-0.39, 0.29) is 23.2 Å². The monoisotopic (exact) mass is 506 g/mol. The lowest BCUT2D eigenvalue weighted by Crippen LogP contribution is -2.44. The molecule has 36 heavy (non-hydrogen) atoms. The number of carbonyl (C=O) groups excluding carboxylic acids is 1. The highest BCUT2D eigenvalue weighted by molar-refractivity contribution is 7.90. The predicted molar refractivity (Wildman–Crippen MR) is 138 cm³/mol. The largest absolute Gasteiger partial charge is 0.367 e. The number of fused-ring (bicyclic) bond motifs is 1. The van der Waals surface area contributed by atoms with Crippen molar-refractivity contribution in [2.75, 3.05) is 38.1 Å². The Balaban J connectivity index is 1.38. The Morgan fingerprint density at radius 1 is 0.917 bits per heavy atom. The van der Waals surface area contributed by atoms with Crippen LogP contribution in [0.4, 0.5) is 10.1 Å². The predicted octanol–water partition coefficient (Wildman–Crippen LogP) is 3.70. The summed E-state index contributed by atoms with van der Waals surface area (Å²) >= 11 is 0. The molecule has 1 aromatic heterocycles. The van der Waals surface area contributed by atoms with E-state index in [1.807, 2.05) is 24.3 Å². The molecule has 7 nitrogen and oxygen atoms in total. The first-order valence-corrected chi connectivity index (χ1v) is 13.2. The first-order chi connectivity index (χ1) is 17.3. The molecule has 1 N–H and O–H groups in total. The van der Waals surface area contributed by atoms with Gasteiger partial charge in [-0.3, -0.25) is 4.79 Å². The summed E-state index contributed by atoms with van der Waals surface area (Å²) in [5.74, 6) is -0.681. The molecule has 3 aromatic carbocycles. The molecule has 0 spiro atoms. The maximum Gasteiger partial charge on any atom is 0.268 e. The van der Waals surface area contributed by atoms with Crippen LogP contribution in [0.15, 0.2) is 83.9 Å². The highest BCUT2D eigenvalue weighted by Gasteiger charge is 2.25. The minimum absolute atomic E-state index is 0.100. The second-order valence-electron chi connectivity index (χ2n) is 8.96. The summed E-state index contributed by atoms with van der Waals surface area (Å²) in [4.78, 5) is 17.1. The van der Waals surface area contributed by atoms with Crippen LogP contribution < -0.4 is 10.2 Å². The first kappa shape index (κ1) is 24.0. The van der Waals surface area contributed by atoms with Crippen LogP contribution in [0.1, 0.15) is 15.9 Å². The van der Waals surface area contributed by atoms with Crippen LogP contribution in [0.2, 0.25) is 0 Å². The van der Waals surface area contributed by atoms with Gasteiger partial charge in [0.25, 0.3) is 15.9 Å². The van der Waals surface area contributed by atoms with E-state index in [2.05, 4.69) is 22.2 Å². The van der Waals surface area contributed by atoms with E-state index in [0.717, 1.165) is 42.8 Å². The molecule has 4 aromatic rings. The van der Waals surface area contributed by atoms with Crippen molar-refractivity contribution in [2.24, 2.45) is 0 Å². The molecule has 186 valence electrons. The number of carbonyl (C=O) groups is 1. The van der Waals surface area contributed by atoms with Gasteiger partial charge in [0.15, 0.2) is 0 Å². The van der Waals surface area contributed by atoms with Crippen LogP contribution in [-0.4, -0.2) is 56.4 Å². The van der Waals surface area contributed by atoms with Crippen LogP contribution in [0.25, 0.3) is 10.9 Å². The van der Waals surface area contributed by atoms with Crippen molar-refractivity contribution in [1.82, 2.24) is 14.2 Å². The van der Waals surface area contributed by atoms with E-state index >= 15 is 0 Å². The van der Waals surface area contributed by atoms with E-state index in [0.29, 0.717) is 11.1 Å². The van der Waals surface area contributed by atoms with E-state index in [4.69, 9.17) is 0 Å². The smallest absolute Gasteiger partial charge is 0.268 e. The molecule has 0 aliphatic carbocycles. The molecular weight excluding hydrogens is 479 g/mol. The molecule has 2 heterocycles. The third kappa shape index (κ3) is 4.72. The number of hydrogen-bond donors (Lipinski definition) is 1. The van der Waals surface area contributed by atoms with Gasteiger partial charge in [0.05, 0.1) is 16.1 Å². The maximum absolute atomic E-state index is 13.6. The molecule has 1 aliphatic rings. The average Bonchev–Trinajstić information content (AvgIpc) is 3.29. The fourth-order valence-corrected chi connectivity index (χ4v) is 5.77. The quantitative estimate of drug-likeness (QED) is 0.432. The van der Waals surface area contributed by atoms with Gasteiger partial charge in [0, 0.05) is 49.9 Å². The second kappa shape index (κ2) is 9.75. The molecule has 5 rings (SSSR count). The van der Waals surface area contributed by atoms with Gasteiger partial charge < -0.3 is 15.1 Å². The van der Waals surface area contributed by atoms with Crippen molar-refractivity contribution in [3.8, 4) is 0 Å².